The van der Waals surface area contributed by atoms with Gasteiger partial charge in [-0.15, -0.1) is 0 Å². The molecule has 1 amide bonds. The second kappa shape index (κ2) is 8.49. The molecule has 2 aromatic carbocycles. The molecule has 0 aliphatic heterocycles. The third-order valence-corrected chi connectivity index (χ3v) is 5.51. The van der Waals surface area contributed by atoms with E-state index in [1.54, 1.807) is 26.2 Å². The van der Waals surface area contributed by atoms with E-state index in [0.29, 0.717) is 34.1 Å². The molecule has 0 aliphatic carbocycles. The zero-order valence-corrected chi connectivity index (χ0v) is 17.3. The van der Waals surface area contributed by atoms with Gasteiger partial charge in [0.05, 0.1) is 16.6 Å². The van der Waals surface area contributed by atoms with Crippen molar-refractivity contribution in [1.82, 2.24) is 14.5 Å². The van der Waals surface area contributed by atoms with Gasteiger partial charge in [0, 0.05) is 32.0 Å². The van der Waals surface area contributed by atoms with Crippen LogP contribution in [0.15, 0.2) is 47.6 Å². The van der Waals surface area contributed by atoms with Crippen LogP contribution in [-0.2, 0) is 18.5 Å². The molecule has 0 atom stereocenters. The maximum atomic E-state index is 13.1. The van der Waals surface area contributed by atoms with Gasteiger partial charge in [0.15, 0.2) is 5.16 Å². The number of hydrogen-bond acceptors (Lipinski definition) is 3. The molecule has 0 aliphatic rings. The monoisotopic (exact) mass is 421 g/mol. The van der Waals surface area contributed by atoms with Crippen LogP contribution in [0.5, 0.6) is 0 Å². The van der Waals surface area contributed by atoms with Gasteiger partial charge in [0.2, 0.25) is 0 Å². The second-order valence-corrected chi connectivity index (χ2v) is 7.87. The molecule has 0 saturated carbocycles. The topological polar surface area (TPSA) is 38.1 Å². The lowest BCUT2D eigenvalue weighted by Gasteiger charge is -2.11. The highest BCUT2D eigenvalue weighted by Gasteiger charge is 2.31. The van der Waals surface area contributed by atoms with Gasteiger partial charge < -0.3 is 9.47 Å². The first kappa shape index (κ1) is 21.2. The van der Waals surface area contributed by atoms with Crippen LogP contribution < -0.4 is 0 Å². The van der Waals surface area contributed by atoms with Crippen molar-refractivity contribution in [2.75, 3.05) is 14.1 Å². The third kappa shape index (κ3) is 4.75. The van der Waals surface area contributed by atoms with E-state index in [-0.39, 0.29) is 5.91 Å². The molecule has 0 unspecified atom stereocenters. The summed E-state index contributed by atoms with van der Waals surface area (Å²) in [5, 5.41) is 0.689. The summed E-state index contributed by atoms with van der Waals surface area (Å²) in [6.45, 7) is 2.57. The third-order valence-electron chi connectivity index (χ3n) is 4.46. The quantitative estimate of drug-likeness (QED) is 0.496. The fourth-order valence-electron chi connectivity index (χ4n) is 2.98. The molecule has 0 spiro atoms. The van der Waals surface area contributed by atoms with E-state index in [4.69, 9.17) is 0 Å². The molecule has 1 aromatic heterocycles. The first-order valence-electron chi connectivity index (χ1n) is 9.21. The van der Waals surface area contributed by atoms with Crippen LogP contribution in [0.25, 0.3) is 11.0 Å². The summed E-state index contributed by atoms with van der Waals surface area (Å²) in [7, 11) is 3.41. The van der Waals surface area contributed by atoms with Crippen molar-refractivity contribution in [3.63, 3.8) is 0 Å². The van der Waals surface area contributed by atoms with E-state index in [0.717, 1.165) is 18.1 Å². The number of alkyl halides is 3. The van der Waals surface area contributed by atoms with E-state index in [1.807, 2.05) is 23.6 Å². The van der Waals surface area contributed by atoms with Gasteiger partial charge in [-0.1, -0.05) is 30.8 Å². The lowest BCUT2D eigenvalue weighted by Crippen LogP contribution is -2.21. The molecule has 0 N–H and O–H groups in total. The number of carbonyl (C=O) groups is 1. The van der Waals surface area contributed by atoms with E-state index < -0.39 is 11.7 Å². The van der Waals surface area contributed by atoms with Crippen LogP contribution >= 0.6 is 11.8 Å². The zero-order chi connectivity index (χ0) is 21.2. The van der Waals surface area contributed by atoms with Crippen molar-refractivity contribution < 1.29 is 18.0 Å². The Morgan fingerprint density at radius 1 is 1.14 bits per heavy atom. The molecule has 4 nitrogen and oxygen atoms in total. The maximum absolute atomic E-state index is 13.1. The Labute approximate surface area is 171 Å². The van der Waals surface area contributed by atoms with E-state index in [9.17, 15) is 18.0 Å². The summed E-state index contributed by atoms with van der Waals surface area (Å²) in [5.74, 6) is 0.546. The van der Waals surface area contributed by atoms with E-state index in [1.165, 1.54) is 28.8 Å². The summed E-state index contributed by atoms with van der Waals surface area (Å²) < 4.78 is 41.1. The second-order valence-electron chi connectivity index (χ2n) is 6.93. The number of amides is 1. The number of fused-ring (bicyclic) bond motifs is 1. The highest BCUT2D eigenvalue weighted by molar-refractivity contribution is 7.98. The number of hydrogen-bond donors (Lipinski definition) is 0. The molecule has 0 radical (unpaired) electrons. The highest BCUT2D eigenvalue weighted by atomic mass is 32.2. The van der Waals surface area contributed by atoms with Crippen molar-refractivity contribution in [2.45, 2.75) is 37.0 Å². The van der Waals surface area contributed by atoms with Gasteiger partial charge in [-0.25, -0.2) is 4.98 Å². The van der Waals surface area contributed by atoms with Gasteiger partial charge >= 0.3 is 6.18 Å². The Kier molecular flexibility index (Phi) is 6.21. The number of imidazole rings is 1. The first-order chi connectivity index (χ1) is 13.7. The number of aryl methyl sites for hydroxylation is 1. The van der Waals surface area contributed by atoms with Crippen molar-refractivity contribution in [2.24, 2.45) is 0 Å². The lowest BCUT2D eigenvalue weighted by molar-refractivity contribution is -0.137. The van der Waals surface area contributed by atoms with Crippen LogP contribution in [0.3, 0.4) is 0 Å². The molecule has 1 heterocycles. The Hall–Kier alpha value is -2.48. The molecule has 0 bridgehead atoms. The predicted octanol–water partition coefficient (Wildman–Crippen LogP) is 5.46. The van der Waals surface area contributed by atoms with Crippen LogP contribution in [-0.4, -0.2) is 34.5 Å². The van der Waals surface area contributed by atoms with Crippen LogP contribution in [0, 0.1) is 0 Å². The normalized spacial score (nSPS) is 11.8. The number of nitrogens with zero attached hydrogens (tertiary/aromatic N) is 3. The minimum absolute atomic E-state index is 0.0607. The first-order valence-corrected chi connectivity index (χ1v) is 10.2. The SMILES string of the molecule is CCCn1c(SCc2ccc(C(=O)N(C)C)cc2)nc2ccc(C(F)(F)F)cc21. The Bertz CT molecular complexity index is 1010. The minimum atomic E-state index is -4.38. The number of carbonyl (C=O) groups excluding carboxylic acids is 1. The Morgan fingerprint density at radius 2 is 1.83 bits per heavy atom. The summed E-state index contributed by atoms with van der Waals surface area (Å²) >= 11 is 1.47. The number of rotatable bonds is 6. The van der Waals surface area contributed by atoms with Gasteiger partial charge in [0.25, 0.3) is 5.91 Å². The van der Waals surface area contributed by atoms with Crippen LogP contribution in [0.1, 0.15) is 34.8 Å². The molecule has 3 aromatic rings. The summed E-state index contributed by atoms with van der Waals surface area (Å²) in [6, 6.07) is 11.0. The van der Waals surface area contributed by atoms with Crippen molar-refractivity contribution in [3.8, 4) is 0 Å². The maximum Gasteiger partial charge on any atom is 0.416 e. The van der Waals surface area contributed by atoms with Gasteiger partial charge in [0.1, 0.15) is 0 Å². The smallest absolute Gasteiger partial charge is 0.345 e. The molecule has 3 rings (SSSR count). The lowest BCUT2D eigenvalue weighted by atomic mass is 10.1. The summed E-state index contributed by atoms with van der Waals surface area (Å²) in [4.78, 5) is 18.0. The molecule has 29 heavy (non-hydrogen) atoms. The Morgan fingerprint density at radius 3 is 2.41 bits per heavy atom. The number of aromatic nitrogens is 2. The van der Waals surface area contributed by atoms with Gasteiger partial charge in [-0.3, -0.25) is 4.79 Å². The molecule has 0 fully saturated rings. The van der Waals surface area contributed by atoms with E-state index in [2.05, 4.69) is 4.98 Å². The standard InChI is InChI=1S/C21H22F3N3OS/c1-4-11-27-18-12-16(21(22,23)24)9-10-17(18)25-20(27)29-13-14-5-7-15(8-6-14)19(28)26(2)3/h5-10,12H,4,11,13H2,1-3H3. The molecule has 0 saturated heterocycles. The van der Waals surface area contributed by atoms with Crippen molar-refractivity contribution in [1.29, 1.82) is 0 Å². The molecular weight excluding hydrogens is 399 g/mol. The van der Waals surface area contributed by atoms with E-state index >= 15 is 0 Å². The van der Waals surface area contributed by atoms with Gasteiger partial charge in [-0.05, 0) is 42.3 Å². The summed E-state index contributed by atoms with van der Waals surface area (Å²) in [5.41, 5.74) is 2.01. The predicted molar refractivity (Wildman–Crippen MR) is 109 cm³/mol. The number of thioether (sulfide) groups is 1. The molecule has 154 valence electrons. The number of benzene rings is 2. The largest absolute Gasteiger partial charge is 0.416 e. The Balaban J connectivity index is 1.84. The average molecular weight is 421 g/mol. The van der Waals surface area contributed by atoms with Crippen LogP contribution in [0.2, 0.25) is 0 Å². The summed E-state index contributed by atoms with van der Waals surface area (Å²) in [6.07, 6.45) is -3.59. The fraction of sp³-hybridized carbons (Fsp3) is 0.333. The van der Waals surface area contributed by atoms with Crippen molar-refractivity contribution >= 4 is 28.7 Å². The van der Waals surface area contributed by atoms with Crippen LogP contribution in [0.4, 0.5) is 13.2 Å². The van der Waals surface area contributed by atoms with Gasteiger partial charge in [-0.2, -0.15) is 13.2 Å². The molecule has 8 heteroatoms. The fourth-order valence-corrected chi connectivity index (χ4v) is 3.97. The average Bonchev–Trinajstić information content (AvgIpc) is 3.02. The number of halogens is 3. The highest BCUT2D eigenvalue weighted by Crippen LogP contribution is 2.33. The van der Waals surface area contributed by atoms with Crippen molar-refractivity contribution in [3.05, 3.63) is 59.2 Å². The minimum Gasteiger partial charge on any atom is -0.345 e. The molecular formula is C21H22F3N3OS. The zero-order valence-electron chi connectivity index (χ0n) is 16.5.